The van der Waals surface area contributed by atoms with Crippen molar-refractivity contribution in [3.63, 3.8) is 0 Å². The summed E-state index contributed by atoms with van der Waals surface area (Å²) in [6.45, 7) is 9.10. The molecule has 0 unspecified atom stereocenters. The maximum absolute atomic E-state index is 12.8. The highest BCUT2D eigenvalue weighted by Crippen LogP contribution is 2.42. The lowest BCUT2D eigenvalue weighted by Gasteiger charge is -2.37. The predicted octanol–water partition coefficient (Wildman–Crippen LogP) is 2.51. The van der Waals surface area contributed by atoms with Crippen molar-refractivity contribution in [1.82, 2.24) is 10.2 Å². The molecule has 1 aliphatic rings. The van der Waals surface area contributed by atoms with Gasteiger partial charge in [-0.05, 0) is 57.6 Å². The van der Waals surface area contributed by atoms with Gasteiger partial charge in [0.15, 0.2) is 5.11 Å². The van der Waals surface area contributed by atoms with Crippen molar-refractivity contribution in [2.75, 3.05) is 25.0 Å². The molecule has 2 rings (SSSR count). The second-order valence-corrected chi connectivity index (χ2v) is 7.20. The van der Waals surface area contributed by atoms with Crippen LogP contribution in [0.15, 0.2) is 23.1 Å². The molecule has 0 aliphatic carbocycles. The van der Waals surface area contributed by atoms with Crippen LogP contribution in [0, 0.1) is 6.92 Å². The van der Waals surface area contributed by atoms with Gasteiger partial charge in [-0.2, -0.15) is 0 Å². The molecular formula is C17H23N3O3S2. The largest absolute Gasteiger partial charge is 0.463 e. The Balaban J connectivity index is 2.43. The topological polar surface area (TPSA) is 70.7 Å². The molecule has 0 aromatic heterocycles. The Hall–Kier alpha value is -1.80. The molecule has 6 nitrogen and oxygen atoms in total. The van der Waals surface area contributed by atoms with Crippen molar-refractivity contribution in [2.45, 2.75) is 37.5 Å². The minimum atomic E-state index is -1.64. The van der Waals surface area contributed by atoms with Crippen LogP contribution in [0.1, 0.15) is 26.3 Å². The predicted molar refractivity (Wildman–Crippen MR) is 104 cm³/mol. The van der Waals surface area contributed by atoms with Gasteiger partial charge in [-0.15, -0.1) is 0 Å². The highest BCUT2D eigenvalue weighted by Gasteiger charge is 2.52. The molecule has 2 N–H and O–H groups in total. The first kappa shape index (κ1) is 19.5. The lowest BCUT2D eigenvalue weighted by atomic mass is 10.2. The van der Waals surface area contributed by atoms with E-state index in [-0.39, 0.29) is 6.61 Å². The molecule has 0 bridgehead atoms. The second kappa shape index (κ2) is 8.05. The van der Waals surface area contributed by atoms with Crippen LogP contribution in [0.2, 0.25) is 0 Å². The van der Waals surface area contributed by atoms with Crippen molar-refractivity contribution < 1.29 is 14.3 Å². The third kappa shape index (κ3) is 3.90. The number of anilines is 1. The molecule has 0 saturated carbocycles. The van der Waals surface area contributed by atoms with E-state index in [9.17, 15) is 9.59 Å². The number of thioether (sulfide) groups is 1. The zero-order chi connectivity index (χ0) is 18.6. The highest BCUT2D eigenvalue weighted by atomic mass is 32.2. The first-order valence-corrected chi connectivity index (χ1v) is 9.45. The monoisotopic (exact) mass is 381 g/mol. The number of nitrogens with one attached hydrogen (secondary N) is 2. The smallest absolute Gasteiger partial charge is 0.353 e. The fourth-order valence-corrected chi connectivity index (χ4v) is 4.19. The Bertz CT molecular complexity index is 692. The maximum Gasteiger partial charge on any atom is 0.353 e. The highest BCUT2D eigenvalue weighted by molar-refractivity contribution is 8.02. The van der Waals surface area contributed by atoms with Crippen LogP contribution in [-0.2, 0) is 14.3 Å². The number of benzene rings is 1. The van der Waals surface area contributed by atoms with E-state index < -0.39 is 16.7 Å². The summed E-state index contributed by atoms with van der Waals surface area (Å²) in [7, 11) is 0. The van der Waals surface area contributed by atoms with Crippen LogP contribution in [0.4, 0.5) is 5.69 Å². The molecule has 1 aromatic rings. The molecular weight excluding hydrogens is 358 g/mol. The van der Waals surface area contributed by atoms with Crippen LogP contribution in [0.5, 0.6) is 0 Å². The van der Waals surface area contributed by atoms with E-state index >= 15 is 0 Å². The Kier molecular flexibility index (Phi) is 6.29. The Morgan fingerprint density at radius 2 is 2.04 bits per heavy atom. The van der Waals surface area contributed by atoms with Crippen molar-refractivity contribution in [2.24, 2.45) is 0 Å². The summed E-state index contributed by atoms with van der Waals surface area (Å²) in [6, 6.07) is 5.66. The molecule has 0 saturated heterocycles. The van der Waals surface area contributed by atoms with Gasteiger partial charge in [0.1, 0.15) is 0 Å². The quantitative estimate of drug-likeness (QED) is 0.461. The first-order chi connectivity index (χ1) is 11.9. The number of amides is 1. The number of rotatable bonds is 5. The van der Waals surface area contributed by atoms with Crippen LogP contribution < -0.4 is 10.6 Å². The number of carbonyl (C=O) groups is 2. The van der Waals surface area contributed by atoms with Gasteiger partial charge in [0, 0.05) is 18.0 Å². The number of ether oxygens (including phenoxy) is 1. The summed E-state index contributed by atoms with van der Waals surface area (Å²) < 4.78 is 5.19. The molecule has 1 amide bonds. The number of thiocarbonyl (C=S) groups is 1. The number of carbonyl (C=O) groups excluding carboxylic acids is 2. The Morgan fingerprint density at radius 1 is 1.36 bits per heavy atom. The van der Waals surface area contributed by atoms with E-state index in [1.165, 1.54) is 0 Å². The van der Waals surface area contributed by atoms with Crippen LogP contribution >= 0.6 is 24.0 Å². The third-order valence-corrected chi connectivity index (χ3v) is 5.54. The van der Waals surface area contributed by atoms with Crippen LogP contribution in [-0.4, -0.2) is 46.5 Å². The van der Waals surface area contributed by atoms with Crippen molar-refractivity contribution in [1.29, 1.82) is 0 Å². The average molecular weight is 382 g/mol. The van der Waals surface area contributed by atoms with Crippen LogP contribution in [0.25, 0.3) is 0 Å². The summed E-state index contributed by atoms with van der Waals surface area (Å²) in [4.78, 5) is 26.6. The van der Waals surface area contributed by atoms with E-state index in [0.717, 1.165) is 22.2 Å². The number of esters is 1. The summed E-state index contributed by atoms with van der Waals surface area (Å²) in [5.41, 5.74) is 1.71. The van der Waals surface area contributed by atoms with E-state index in [1.54, 1.807) is 6.92 Å². The molecule has 1 heterocycles. The molecule has 0 spiro atoms. The summed E-state index contributed by atoms with van der Waals surface area (Å²) in [5, 5.41) is 6.10. The average Bonchev–Trinajstić information content (AvgIpc) is 2.57. The molecule has 1 aliphatic heterocycles. The fourth-order valence-electron chi connectivity index (χ4n) is 2.48. The summed E-state index contributed by atoms with van der Waals surface area (Å²) >= 11 is 6.55. The SMILES string of the molecule is CCOC(=O)[C@]1(NC(=S)N(CC)CC)Sc2cc(C)ccc2NC1=O. The van der Waals surface area contributed by atoms with Gasteiger partial charge in [0.05, 0.1) is 12.3 Å². The molecule has 136 valence electrons. The van der Waals surface area contributed by atoms with Gasteiger partial charge >= 0.3 is 5.97 Å². The normalized spacial score (nSPS) is 18.8. The molecule has 8 heteroatoms. The first-order valence-electron chi connectivity index (χ1n) is 8.23. The van der Waals surface area contributed by atoms with Crippen molar-refractivity contribution in [3.05, 3.63) is 23.8 Å². The summed E-state index contributed by atoms with van der Waals surface area (Å²) in [6.07, 6.45) is 0. The van der Waals surface area contributed by atoms with Crippen molar-refractivity contribution >= 4 is 46.7 Å². The van der Waals surface area contributed by atoms with Gasteiger partial charge in [0.25, 0.3) is 10.8 Å². The van der Waals surface area contributed by atoms with Gasteiger partial charge in [0.2, 0.25) is 0 Å². The van der Waals surface area contributed by atoms with Crippen molar-refractivity contribution in [3.8, 4) is 0 Å². The lowest BCUT2D eigenvalue weighted by Crippen LogP contribution is -2.63. The minimum Gasteiger partial charge on any atom is -0.463 e. The standard InChI is InChI=1S/C17H23N3O3S2/c1-5-20(6-2)16(24)19-17(15(22)23-7-3)14(21)18-12-9-8-11(4)10-13(12)25-17/h8-10H,5-7H2,1-4H3,(H,18,21)(H,19,24)/t17-/m1/s1. The Morgan fingerprint density at radius 3 is 2.64 bits per heavy atom. The van der Waals surface area contributed by atoms with Gasteiger partial charge in [-0.25, -0.2) is 4.79 Å². The number of fused-ring (bicyclic) bond motifs is 1. The number of aryl methyl sites for hydroxylation is 1. The second-order valence-electron chi connectivity index (χ2n) is 5.56. The van der Waals surface area contributed by atoms with Crippen LogP contribution in [0.3, 0.4) is 0 Å². The zero-order valence-corrected chi connectivity index (χ0v) is 16.5. The Labute approximate surface area is 157 Å². The maximum atomic E-state index is 12.8. The van der Waals surface area contributed by atoms with E-state index in [0.29, 0.717) is 23.9 Å². The number of nitrogens with zero attached hydrogens (tertiary/aromatic N) is 1. The van der Waals surface area contributed by atoms with E-state index in [1.807, 2.05) is 43.9 Å². The molecule has 0 radical (unpaired) electrons. The fraction of sp³-hybridized carbons (Fsp3) is 0.471. The molecule has 1 aromatic carbocycles. The van der Waals surface area contributed by atoms with Gasteiger partial charge in [-0.3, -0.25) is 4.79 Å². The summed E-state index contributed by atoms with van der Waals surface area (Å²) in [5.74, 6) is -1.14. The zero-order valence-electron chi connectivity index (χ0n) is 14.8. The van der Waals surface area contributed by atoms with E-state index in [4.69, 9.17) is 17.0 Å². The third-order valence-electron chi connectivity index (χ3n) is 3.86. The molecule has 25 heavy (non-hydrogen) atoms. The van der Waals surface area contributed by atoms with Gasteiger partial charge < -0.3 is 20.3 Å². The number of hydrogen-bond acceptors (Lipinski definition) is 5. The molecule has 0 fully saturated rings. The van der Waals surface area contributed by atoms with E-state index in [2.05, 4.69) is 10.6 Å². The minimum absolute atomic E-state index is 0.175. The molecule has 1 atom stereocenters. The lowest BCUT2D eigenvalue weighted by molar-refractivity contribution is -0.149. The number of hydrogen-bond donors (Lipinski definition) is 2. The van der Waals surface area contributed by atoms with Gasteiger partial charge in [-0.1, -0.05) is 17.8 Å².